The van der Waals surface area contributed by atoms with Crippen molar-refractivity contribution in [2.75, 3.05) is 6.54 Å². The molecule has 2 aromatic heterocycles. The van der Waals surface area contributed by atoms with Gasteiger partial charge in [-0.15, -0.1) is 0 Å². The average molecular weight is 283 g/mol. The van der Waals surface area contributed by atoms with Gasteiger partial charge in [0.25, 0.3) is 0 Å². The molecule has 1 unspecified atom stereocenters. The fraction of sp³-hybridized carbons (Fsp3) is 0.353. The first-order valence-electron chi connectivity index (χ1n) is 7.47. The number of para-hydroxylation sites is 1. The Balaban J connectivity index is 2.05. The summed E-state index contributed by atoms with van der Waals surface area (Å²) < 4.78 is 7.98. The van der Waals surface area contributed by atoms with Crippen molar-refractivity contribution in [3.63, 3.8) is 0 Å². The summed E-state index contributed by atoms with van der Waals surface area (Å²) in [4.78, 5) is 0. The fourth-order valence-electron chi connectivity index (χ4n) is 2.69. The van der Waals surface area contributed by atoms with Crippen LogP contribution in [0.5, 0.6) is 0 Å². The average Bonchev–Trinajstić information content (AvgIpc) is 3.08. The molecule has 3 rings (SSSR count). The van der Waals surface area contributed by atoms with Gasteiger partial charge in [0.2, 0.25) is 0 Å². The van der Waals surface area contributed by atoms with Crippen LogP contribution in [0.1, 0.15) is 37.0 Å². The van der Waals surface area contributed by atoms with Gasteiger partial charge in [-0.2, -0.15) is 5.10 Å². The van der Waals surface area contributed by atoms with Crippen molar-refractivity contribution in [3.8, 4) is 0 Å². The number of hydrogen-bond acceptors (Lipinski definition) is 3. The minimum atomic E-state index is 0.0280. The zero-order chi connectivity index (χ0) is 14.8. The lowest BCUT2D eigenvalue weighted by atomic mass is 10.1. The van der Waals surface area contributed by atoms with Crippen molar-refractivity contribution in [1.82, 2.24) is 15.1 Å². The Hall–Kier alpha value is -2.07. The maximum atomic E-state index is 6.03. The Labute approximate surface area is 124 Å². The Kier molecular flexibility index (Phi) is 3.80. The van der Waals surface area contributed by atoms with Gasteiger partial charge in [-0.3, -0.25) is 4.68 Å². The summed E-state index contributed by atoms with van der Waals surface area (Å²) in [6, 6.07) is 12.4. The molecule has 0 saturated carbocycles. The fourth-order valence-corrected chi connectivity index (χ4v) is 2.69. The second-order valence-corrected chi connectivity index (χ2v) is 5.21. The number of hydrogen-bond donors (Lipinski definition) is 1. The highest BCUT2D eigenvalue weighted by Gasteiger charge is 2.21. The molecular weight excluding hydrogens is 262 g/mol. The zero-order valence-corrected chi connectivity index (χ0v) is 12.8. The summed E-state index contributed by atoms with van der Waals surface area (Å²) in [5.41, 5.74) is 3.16. The molecule has 1 N–H and O–H groups in total. The van der Waals surface area contributed by atoms with Crippen molar-refractivity contribution in [3.05, 3.63) is 53.5 Å². The smallest absolute Gasteiger partial charge is 0.134 e. The van der Waals surface area contributed by atoms with E-state index in [4.69, 9.17) is 4.42 Å². The number of furan rings is 1. The van der Waals surface area contributed by atoms with E-state index < -0.39 is 0 Å². The summed E-state index contributed by atoms with van der Waals surface area (Å²) in [5, 5.41) is 9.18. The third-order valence-electron chi connectivity index (χ3n) is 3.76. The molecule has 1 atom stereocenters. The van der Waals surface area contributed by atoms with E-state index in [-0.39, 0.29) is 6.04 Å². The topological polar surface area (TPSA) is 43.0 Å². The highest BCUT2D eigenvalue weighted by atomic mass is 16.3. The van der Waals surface area contributed by atoms with Crippen LogP contribution in [0.2, 0.25) is 0 Å². The van der Waals surface area contributed by atoms with Crippen LogP contribution < -0.4 is 5.32 Å². The molecule has 0 saturated heterocycles. The number of fused-ring (bicyclic) bond motifs is 1. The predicted molar refractivity (Wildman–Crippen MR) is 84.3 cm³/mol. The molecule has 21 heavy (non-hydrogen) atoms. The van der Waals surface area contributed by atoms with Crippen LogP contribution in [0.25, 0.3) is 11.0 Å². The second kappa shape index (κ2) is 5.74. The molecule has 110 valence electrons. The van der Waals surface area contributed by atoms with Crippen LogP contribution >= 0.6 is 0 Å². The van der Waals surface area contributed by atoms with Crippen molar-refractivity contribution < 1.29 is 4.42 Å². The predicted octanol–water partition coefficient (Wildman–Crippen LogP) is 3.43. The van der Waals surface area contributed by atoms with Gasteiger partial charge < -0.3 is 9.73 Å². The molecule has 3 aromatic rings. The zero-order valence-electron chi connectivity index (χ0n) is 12.8. The molecule has 0 amide bonds. The highest BCUT2D eigenvalue weighted by molar-refractivity contribution is 5.77. The van der Waals surface area contributed by atoms with Gasteiger partial charge in [-0.25, -0.2) is 0 Å². The Bertz CT molecular complexity index is 708. The maximum Gasteiger partial charge on any atom is 0.134 e. The van der Waals surface area contributed by atoms with Crippen LogP contribution in [-0.4, -0.2) is 16.3 Å². The van der Waals surface area contributed by atoms with Gasteiger partial charge in [0.1, 0.15) is 17.4 Å². The third kappa shape index (κ3) is 2.59. The van der Waals surface area contributed by atoms with Gasteiger partial charge in [0, 0.05) is 12.4 Å². The number of benzene rings is 1. The lowest BCUT2D eigenvalue weighted by Crippen LogP contribution is -2.23. The normalized spacial score (nSPS) is 12.9. The van der Waals surface area contributed by atoms with Crippen molar-refractivity contribution in [2.24, 2.45) is 7.05 Å². The number of nitrogens with one attached hydrogen (secondary N) is 1. The van der Waals surface area contributed by atoms with Crippen molar-refractivity contribution in [1.29, 1.82) is 0 Å². The quantitative estimate of drug-likeness (QED) is 0.780. The number of aryl methyl sites for hydroxylation is 2. The summed E-state index contributed by atoms with van der Waals surface area (Å²) in [6.07, 6.45) is 0.937. The molecule has 1 aromatic carbocycles. The largest absolute Gasteiger partial charge is 0.459 e. The van der Waals surface area contributed by atoms with Gasteiger partial charge in [0.15, 0.2) is 0 Å². The maximum absolute atomic E-state index is 6.03. The van der Waals surface area contributed by atoms with Crippen LogP contribution in [-0.2, 0) is 13.5 Å². The lowest BCUT2D eigenvalue weighted by molar-refractivity contribution is 0.458. The van der Waals surface area contributed by atoms with Crippen molar-refractivity contribution in [2.45, 2.75) is 26.3 Å². The van der Waals surface area contributed by atoms with E-state index in [2.05, 4.69) is 42.5 Å². The van der Waals surface area contributed by atoms with E-state index in [0.717, 1.165) is 41.1 Å². The second-order valence-electron chi connectivity index (χ2n) is 5.21. The lowest BCUT2D eigenvalue weighted by Gasteiger charge is -2.15. The minimum Gasteiger partial charge on any atom is -0.459 e. The Morgan fingerprint density at radius 3 is 2.71 bits per heavy atom. The number of nitrogens with zero attached hydrogens (tertiary/aromatic N) is 2. The Morgan fingerprint density at radius 1 is 1.24 bits per heavy atom. The monoisotopic (exact) mass is 283 g/mol. The van der Waals surface area contributed by atoms with Gasteiger partial charge >= 0.3 is 0 Å². The molecule has 0 aliphatic rings. The van der Waals surface area contributed by atoms with Crippen LogP contribution in [0.3, 0.4) is 0 Å². The van der Waals surface area contributed by atoms with Crippen LogP contribution in [0, 0.1) is 0 Å². The van der Waals surface area contributed by atoms with E-state index in [0.29, 0.717) is 0 Å². The molecule has 0 aliphatic heterocycles. The van der Waals surface area contributed by atoms with E-state index in [1.165, 1.54) is 0 Å². The molecule has 0 bridgehead atoms. The number of rotatable bonds is 5. The van der Waals surface area contributed by atoms with Crippen LogP contribution in [0.4, 0.5) is 0 Å². The molecule has 0 fully saturated rings. The molecule has 2 heterocycles. The molecule has 0 radical (unpaired) electrons. The minimum absolute atomic E-state index is 0.0280. The summed E-state index contributed by atoms with van der Waals surface area (Å²) >= 11 is 0. The van der Waals surface area contributed by atoms with E-state index in [1.54, 1.807) is 0 Å². The summed E-state index contributed by atoms with van der Waals surface area (Å²) in [6.45, 7) is 5.09. The first-order chi connectivity index (χ1) is 10.2. The Morgan fingerprint density at radius 2 is 2.05 bits per heavy atom. The summed E-state index contributed by atoms with van der Waals surface area (Å²) in [7, 11) is 1.99. The van der Waals surface area contributed by atoms with E-state index in [1.807, 2.05) is 29.9 Å². The van der Waals surface area contributed by atoms with Gasteiger partial charge in [-0.1, -0.05) is 32.0 Å². The molecular formula is C17H21N3O. The van der Waals surface area contributed by atoms with Gasteiger partial charge in [-0.05, 0) is 31.2 Å². The first-order valence-corrected chi connectivity index (χ1v) is 7.47. The molecule has 0 aliphatic carbocycles. The SMILES string of the molecule is CCNC(c1cc2ccccc2o1)c1cc(CC)nn1C. The summed E-state index contributed by atoms with van der Waals surface area (Å²) in [5.74, 6) is 0.934. The molecule has 0 spiro atoms. The third-order valence-corrected chi connectivity index (χ3v) is 3.76. The standard InChI is InChI=1S/C17H21N3O/c1-4-13-11-14(20(3)19-13)17(18-5-2)16-10-12-8-6-7-9-15(12)21-16/h6-11,17-18H,4-5H2,1-3H3. The van der Waals surface area contributed by atoms with E-state index >= 15 is 0 Å². The van der Waals surface area contributed by atoms with Gasteiger partial charge in [0.05, 0.1) is 11.4 Å². The van der Waals surface area contributed by atoms with E-state index in [9.17, 15) is 0 Å². The molecule has 4 heteroatoms. The molecule has 4 nitrogen and oxygen atoms in total. The van der Waals surface area contributed by atoms with Crippen molar-refractivity contribution >= 4 is 11.0 Å². The first kappa shape index (κ1) is 13.9. The number of aromatic nitrogens is 2. The van der Waals surface area contributed by atoms with Crippen LogP contribution in [0.15, 0.2) is 40.8 Å². The highest BCUT2D eigenvalue weighted by Crippen LogP contribution is 2.28.